The van der Waals surface area contributed by atoms with Crippen LogP contribution in [-0.2, 0) is 14.3 Å². The van der Waals surface area contributed by atoms with Gasteiger partial charge in [-0.05, 0) is 33.6 Å². The van der Waals surface area contributed by atoms with Gasteiger partial charge in [0, 0.05) is 25.0 Å². The third kappa shape index (κ3) is 3.30. The Morgan fingerprint density at radius 3 is 2.65 bits per heavy atom. The number of hydrogen-bond donors (Lipinski definition) is 2. The summed E-state index contributed by atoms with van der Waals surface area (Å²) < 4.78 is 5.57. The fourth-order valence-electron chi connectivity index (χ4n) is 2.82. The van der Waals surface area contributed by atoms with E-state index in [0.29, 0.717) is 25.9 Å². The van der Waals surface area contributed by atoms with E-state index in [0.717, 1.165) is 6.42 Å². The summed E-state index contributed by atoms with van der Waals surface area (Å²) in [6, 6.07) is -0.116. The summed E-state index contributed by atoms with van der Waals surface area (Å²) in [6.07, 6.45) is 1.48. The SMILES string of the molecule is CC(C)(C)N1CC(NC(=O)[C@@H]2CC[C@H](CN)O2)CC1=O. The summed E-state index contributed by atoms with van der Waals surface area (Å²) in [6.45, 7) is 7.02. The van der Waals surface area contributed by atoms with Crippen LogP contribution in [0.3, 0.4) is 0 Å². The maximum absolute atomic E-state index is 12.1. The molecule has 0 spiro atoms. The third-order valence-corrected chi connectivity index (χ3v) is 3.94. The Kier molecular flexibility index (Phi) is 4.34. The Labute approximate surface area is 120 Å². The van der Waals surface area contributed by atoms with Gasteiger partial charge in [-0.2, -0.15) is 0 Å². The molecule has 1 unspecified atom stereocenters. The summed E-state index contributed by atoms with van der Waals surface area (Å²) in [5, 5.41) is 2.93. The average molecular weight is 283 g/mol. The summed E-state index contributed by atoms with van der Waals surface area (Å²) >= 11 is 0. The number of ether oxygens (including phenoxy) is 1. The first-order valence-electron chi connectivity index (χ1n) is 7.27. The number of nitrogens with zero attached hydrogens (tertiary/aromatic N) is 1. The molecule has 2 aliphatic rings. The lowest BCUT2D eigenvalue weighted by molar-refractivity contribution is -0.132. The topological polar surface area (TPSA) is 84.7 Å². The van der Waals surface area contributed by atoms with Crippen LogP contribution in [0, 0.1) is 0 Å². The molecule has 0 aromatic heterocycles. The number of carbonyl (C=O) groups excluding carboxylic acids is 2. The highest BCUT2D eigenvalue weighted by Gasteiger charge is 2.38. The molecule has 0 aromatic carbocycles. The normalized spacial score (nSPS) is 30.9. The van der Waals surface area contributed by atoms with Crippen molar-refractivity contribution in [1.29, 1.82) is 0 Å². The van der Waals surface area contributed by atoms with Gasteiger partial charge in [-0.3, -0.25) is 9.59 Å². The van der Waals surface area contributed by atoms with E-state index >= 15 is 0 Å². The van der Waals surface area contributed by atoms with Gasteiger partial charge in [0.15, 0.2) is 0 Å². The van der Waals surface area contributed by atoms with Crippen LogP contribution in [-0.4, -0.2) is 53.6 Å². The van der Waals surface area contributed by atoms with Gasteiger partial charge in [0.2, 0.25) is 11.8 Å². The molecule has 0 aliphatic carbocycles. The Bertz CT molecular complexity index is 392. The number of likely N-dealkylation sites (tertiary alicyclic amines) is 1. The predicted molar refractivity (Wildman–Crippen MR) is 75.0 cm³/mol. The number of rotatable bonds is 3. The third-order valence-electron chi connectivity index (χ3n) is 3.94. The molecule has 2 rings (SSSR count). The van der Waals surface area contributed by atoms with Crippen molar-refractivity contribution in [2.75, 3.05) is 13.1 Å². The molecule has 3 atom stereocenters. The van der Waals surface area contributed by atoms with Crippen LogP contribution in [0.5, 0.6) is 0 Å². The van der Waals surface area contributed by atoms with Crippen LogP contribution in [0.4, 0.5) is 0 Å². The first kappa shape index (κ1) is 15.3. The minimum atomic E-state index is -0.415. The van der Waals surface area contributed by atoms with Gasteiger partial charge in [-0.1, -0.05) is 0 Å². The molecule has 2 aliphatic heterocycles. The molecule has 2 amide bonds. The first-order chi connectivity index (χ1) is 9.31. The van der Waals surface area contributed by atoms with Crippen molar-refractivity contribution >= 4 is 11.8 Å². The smallest absolute Gasteiger partial charge is 0.249 e. The minimum absolute atomic E-state index is 0.0120. The second-order valence-electron chi connectivity index (χ2n) is 6.64. The van der Waals surface area contributed by atoms with Gasteiger partial charge < -0.3 is 20.7 Å². The van der Waals surface area contributed by atoms with Crippen LogP contribution >= 0.6 is 0 Å². The van der Waals surface area contributed by atoms with Gasteiger partial charge in [-0.25, -0.2) is 0 Å². The van der Waals surface area contributed by atoms with Gasteiger partial charge in [0.25, 0.3) is 0 Å². The highest BCUT2D eigenvalue weighted by molar-refractivity contribution is 5.84. The Morgan fingerprint density at radius 1 is 1.45 bits per heavy atom. The zero-order chi connectivity index (χ0) is 14.9. The van der Waals surface area contributed by atoms with Gasteiger partial charge in [0.1, 0.15) is 6.10 Å². The number of nitrogens with two attached hydrogens (primary N) is 1. The number of hydrogen-bond acceptors (Lipinski definition) is 4. The molecular formula is C14H25N3O3. The van der Waals surface area contributed by atoms with E-state index in [1.807, 2.05) is 25.7 Å². The lowest BCUT2D eigenvalue weighted by Gasteiger charge is -2.32. The Hall–Kier alpha value is -1.14. The summed E-state index contributed by atoms with van der Waals surface area (Å²) in [5.41, 5.74) is 5.33. The number of carbonyl (C=O) groups is 2. The first-order valence-corrected chi connectivity index (χ1v) is 7.27. The lowest BCUT2D eigenvalue weighted by atomic mass is 10.1. The van der Waals surface area contributed by atoms with Crippen LogP contribution in [0.1, 0.15) is 40.0 Å². The van der Waals surface area contributed by atoms with Crippen molar-refractivity contribution in [2.24, 2.45) is 5.73 Å². The quantitative estimate of drug-likeness (QED) is 0.764. The molecule has 114 valence electrons. The van der Waals surface area contributed by atoms with Crippen molar-refractivity contribution in [3.63, 3.8) is 0 Å². The second kappa shape index (κ2) is 5.69. The zero-order valence-electron chi connectivity index (χ0n) is 12.5. The van der Waals surface area contributed by atoms with E-state index in [9.17, 15) is 9.59 Å². The van der Waals surface area contributed by atoms with Gasteiger partial charge in [0.05, 0.1) is 12.1 Å². The van der Waals surface area contributed by atoms with E-state index in [4.69, 9.17) is 10.5 Å². The molecule has 2 fully saturated rings. The van der Waals surface area contributed by atoms with E-state index in [1.165, 1.54) is 0 Å². The molecule has 0 aromatic rings. The maximum atomic E-state index is 12.1. The average Bonchev–Trinajstić information content (AvgIpc) is 2.94. The lowest BCUT2D eigenvalue weighted by Crippen LogP contribution is -2.46. The van der Waals surface area contributed by atoms with E-state index < -0.39 is 6.10 Å². The largest absolute Gasteiger partial charge is 0.364 e. The monoisotopic (exact) mass is 283 g/mol. The fourth-order valence-corrected chi connectivity index (χ4v) is 2.82. The van der Waals surface area contributed by atoms with E-state index in [2.05, 4.69) is 5.32 Å². The van der Waals surface area contributed by atoms with Crippen molar-refractivity contribution in [1.82, 2.24) is 10.2 Å². The maximum Gasteiger partial charge on any atom is 0.249 e. The van der Waals surface area contributed by atoms with Crippen LogP contribution in [0.15, 0.2) is 0 Å². The second-order valence-corrected chi connectivity index (χ2v) is 6.64. The molecule has 3 N–H and O–H groups in total. The Balaban J connectivity index is 1.86. The minimum Gasteiger partial charge on any atom is -0.364 e. The van der Waals surface area contributed by atoms with Crippen LogP contribution in [0.25, 0.3) is 0 Å². The standard InChI is InChI=1S/C14H25N3O3/c1-14(2,3)17-8-9(6-12(17)18)16-13(19)11-5-4-10(7-15)20-11/h9-11H,4-8,15H2,1-3H3,(H,16,19)/t9?,10-,11+/m1/s1. The molecule has 0 bridgehead atoms. The molecular weight excluding hydrogens is 258 g/mol. The fraction of sp³-hybridized carbons (Fsp3) is 0.857. The summed E-state index contributed by atoms with van der Waals surface area (Å²) in [4.78, 5) is 25.9. The summed E-state index contributed by atoms with van der Waals surface area (Å²) in [5.74, 6) is -0.0236. The molecule has 6 heteroatoms. The predicted octanol–water partition coefficient (Wildman–Crippen LogP) is 0.00830. The van der Waals surface area contributed by atoms with E-state index in [1.54, 1.807) is 0 Å². The summed E-state index contributed by atoms with van der Waals surface area (Å²) in [7, 11) is 0. The number of nitrogens with one attached hydrogen (secondary N) is 1. The van der Waals surface area contributed by atoms with Crippen molar-refractivity contribution in [3.8, 4) is 0 Å². The van der Waals surface area contributed by atoms with Crippen LogP contribution < -0.4 is 11.1 Å². The zero-order valence-corrected chi connectivity index (χ0v) is 12.5. The molecule has 20 heavy (non-hydrogen) atoms. The van der Waals surface area contributed by atoms with Crippen molar-refractivity contribution in [2.45, 2.75) is 63.8 Å². The van der Waals surface area contributed by atoms with E-state index in [-0.39, 0.29) is 29.5 Å². The molecule has 6 nitrogen and oxygen atoms in total. The van der Waals surface area contributed by atoms with Crippen molar-refractivity contribution < 1.29 is 14.3 Å². The number of amides is 2. The molecule has 2 saturated heterocycles. The van der Waals surface area contributed by atoms with Gasteiger partial charge in [-0.15, -0.1) is 0 Å². The van der Waals surface area contributed by atoms with Crippen LogP contribution in [0.2, 0.25) is 0 Å². The highest BCUT2D eigenvalue weighted by atomic mass is 16.5. The molecule has 0 radical (unpaired) electrons. The van der Waals surface area contributed by atoms with Crippen molar-refractivity contribution in [3.05, 3.63) is 0 Å². The van der Waals surface area contributed by atoms with Gasteiger partial charge >= 0.3 is 0 Å². The molecule has 0 saturated carbocycles. The Morgan fingerprint density at radius 2 is 2.15 bits per heavy atom. The highest BCUT2D eigenvalue weighted by Crippen LogP contribution is 2.23. The molecule has 2 heterocycles.